The van der Waals surface area contributed by atoms with Crippen molar-refractivity contribution >= 4 is 17.0 Å². The van der Waals surface area contributed by atoms with E-state index >= 15 is 0 Å². The SMILES string of the molecule is COc1ccc2oc(N(C)C)nc(=O)c2c1. The van der Waals surface area contributed by atoms with Crippen LogP contribution in [0, 0.1) is 0 Å². The topological polar surface area (TPSA) is 55.6 Å². The molecule has 1 aromatic carbocycles. The highest BCUT2D eigenvalue weighted by molar-refractivity contribution is 5.77. The number of ether oxygens (including phenoxy) is 1. The Labute approximate surface area is 92.3 Å². The lowest BCUT2D eigenvalue weighted by Crippen LogP contribution is -2.16. The summed E-state index contributed by atoms with van der Waals surface area (Å²) in [7, 11) is 5.08. The van der Waals surface area contributed by atoms with Crippen LogP contribution < -0.4 is 15.2 Å². The molecule has 2 aromatic rings. The van der Waals surface area contributed by atoms with Crippen molar-refractivity contribution in [3.05, 3.63) is 28.6 Å². The molecule has 0 atom stereocenters. The Morgan fingerprint density at radius 2 is 2.12 bits per heavy atom. The van der Waals surface area contributed by atoms with E-state index in [-0.39, 0.29) is 5.56 Å². The van der Waals surface area contributed by atoms with Gasteiger partial charge in [0.2, 0.25) is 0 Å². The molecule has 0 aliphatic carbocycles. The van der Waals surface area contributed by atoms with Gasteiger partial charge < -0.3 is 14.1 Å². The molecule has 0 saturated carbocycles. The number of benzene rings is 1. The average Bonchev–Trinajstić information content (AvgIpc) is 2.28. The molecule has 16 heavy (non-hydrogen) atoms. The van der Waals surface area contributed by atoms with Crippen LogP contribution in [-0.2, 0) is 0 Å². The number of fused-ring (bicyclic) bond motifs is 1. The first-order valence-electron chi connectivity index (χ1n) is 4.78. The van der Waals surface area contributed by atoms with E-state index in [2.05, 4.69) is 4.98 Å². The van der Waals surface area contributed by atoms with Crippen LogP contribution in [-0.4, -0.2) is 26.2 Å². The zero-order chi connectivity index (χ0) is 11.7. The van der Waals surface area contributed by atoms with Crippen molar-refractivity contribution in [1.29, 1.82) is 0 Å². The Bertz CT molecular complexity index is 575. The molecule has 0 spiro atoms. The van der Waals surface area contributed by atoms with Crippen LogP contribution in [0.5, 0.6) is 5.75 Å². The van der Waals surface area contributed by atoms with Gasteiger partial charge in [-0.25, -0.2) is 0 Å². The third-order valence-electron chi connectivity index (χ3n) is 2.20. The molecular formula is C11H12N2O3. The monoisotopic (exact) mass is 220 g/mol. The van der Waals surface area contributed by atoms with Crippen molar-refractivity contribution in [3.8, 4) is 5.75 Å². The summed E-state index contributed by atoms with van der Waals surface area (Å²) in [5.41, 5.74) is 0.188. The van der Waals surface area contributed by atoms with Crippen molar-refractivity contribution < 1.29 is 9.15 Å². The van der Waals surface area contributed by atoms with Crippen molar-refractivity contribution in [2.75, 3.05) is 26.1 Å². The summed E-state index contributed by atoms with van der Waals surface area (Å²) in [6, 6.07) is 5.35. The Kier molecular flexibility index (Phi) is 2.52. The predicted octanol–water partition coefficient (Wildman–Crippen LogP) is 1.26. The van der Waals surface area contributed by atoms with Crippen LogP contribution in [0.3, 0.4) is 0 Å². The van der Waals surface area contributed by atoms with E-state index in [0.717, 1.165) is 0 Å². The predicted molar refractivity (Wildman–Crippen MR) is 61.2 cm³/mol. The Hall–Kier alpha value is -2.04. The first-order chi connectivity index (χ1) is 7.61. The van der Waals surface area contributed by atoms with Gasteiger partial charge in [-0.15, -0.1) is 0 Å². The van der Waals surface area contributed by atoms with Gasteiger partial charge in [-0.3, -0.25) is 4.79 Å². The molecule has 0 amide bonds. The van der Waals surface area contributed by atoms with Crippen LogP contribution in [0.1, 0.15) is 0 Å². The van der Waals surface area contributed by atoms with Gasteiger partial charge in [-0.1, -0.05) is 0 Å². The molecule has 0 aliphatic rings. The summed E-state index contributed by atoms with van der Waals surface area (Å²) in [5.74, 6) is 0.610. The largest absolute Gasteiger partial charge is 0.497 e. The molecule has 0 fully saturated rings. The lowest BCUT2D eigenvalue weighted by Gasteiger charge is -2.09. The summed E-state index contributed by atoms with van der Waals surface area (Å²) in [6.45, 7) is 0. The fourth-order valence-electron chi connectivity index (χ4n) is 1.35. The van der Waals surface area contributed by atoms with E-state index in [4.69, 9.17) is 9.15 Å². The molecule has 0 saturated heterocycles. The van der Waals surface area contributed by atoms with Gasteiger partial charge in [0, 0.05) is 14.1 Å². The van der Waals surface area contributed by atoms with E-state index in [1.807, 2.05) is 0 Å². The molecular weight excluding hydrogens is 208 g/mol. The maximum absolute atomic E-state index is 11.7. The summed E-state index contributed by atoms with van der Waals surface area (Å²) in [4.78, 5) is 17.2. The number of rotatable bonds is 2. The van der Waals surface area contributed by atoms with Crippen LogP contribution in [0.4, 0.5) is 6.01 Å². The van der Waals surface area contributed by atoms with Crippen molar-refractivity contribution in [2.45, 2.75) is 0 Å². The third-order valence-corrected chi connectivity index (χ3v) is 2.20. The minimum Gasteiger partial charge on any atom is -0.497 e. The number of anilines is 1. The highest BCUT2D eigenvalue weighted by atomic mass is 16.5. The first-order valence-corrected chi connectivity index (χ1v) is 4.78. The third kappa shape index (κ3) is 1.71. The van der Waals surface area contributed by atoms with Gasteiger partial charge in [0.05, 0.1) is 12.5 Å². The minimum atomic E-state index is -0.316. The molecule has 2 rings (SSSR count). The molecule has 1 aromatic heterocycles. The van der Waals surface area contributed by atoms with Crippen molar-refractivity contribution in [2.24, 2.45) is 0 Å². The van der Waals surface area contributed by atoms with E-state index in [9.17, 15) is 4.79 Å². The van der Waals surface area contributed by atoms with Crippen molar-refractivity contribution in [3.63, 3.8) is 0 Å². The molecule has 5 heteroatoms. The van der Waals surface area contributed by atoms with E-state index in [1.165, 1.54) is 0 Å². The standard InChI is InChI=1S/C11H12N2O3/c1-13(2)11-12-10(14)8-6-7(15-3)4-5-9(8)16-11/h4-6H,1-3H3. The first kappa shape index (κ1) is 10.5. The summed E-state index contributed by atoms with van der Waals surface area (Å²) in [5, 5.41) is 0.421. The number of methoxy groups -OCH3 is 1. The van der Waals surface area contributed by atoms with Crippen LogP contribution in [0.25, 0.3) is 11.0 Å². The summed E-state index contributed by atoms with van der Waals surface area (Å²) < 4.78 is 10.5. The quantitative estimate of drug-likeness (QED) is 0.762. The lowest BCUT2D eigenvalue weighted by molar-refractivity contribution is 0.415. The highest BCUT2D eigenvalue weighted by Gasteiger charge is 2.08. The molecule has 84 valence electrons. The maximum atomic E-state index is 11.7. The molecule has 0 bridgehead atoms. The number of aromatic nitrogens is 1. The van der Waals surface area contributed by atoms with E-state index in [1.54, 1.807) is 44.3 Å². The van der Waals surface area contributed by atoms with Gasteiger partial charge in [0.1, 0.15) is 11.3 Å². The van der Waals surface area contributed by atoms with Crippen LogP contribution >= 0.6 is 0 Å². The molecule has 0 radical (unpaired) electrons. The highest BCUT2D eigenvalue weighted by Crippen LogP contribution is 2.20. The second-order valence-electron chi connectivity index (χ2n) is 3.56. The maximum Gasteiger partial charge on any atom is 0.300 e. The molecule has 0 aliphatic heterocycles. The Morgan fingerprint density at radius 3 is 2.75 bits per heavy atom. The number of hydrogen-bond donors (Lipinski definition) is 0. The summed E-state index contributed by atoms with van der Waals surface area (Å²) in [6.07, 6.45) is 0. The fraction of sp³-hybridized carbons (Fsp3) is 0.273. The fourth-order valence-corrected chi connectivity index (χ4v) is 1.35. The minimum absolute atomic E-state index is 0.294. The van der Waals surface area contributed by atoms with Gasteiger partial charge in [0.15, 0.2) is 0 Å². The second-order valence-corrected chi connectivity index (χ2v) is 3.56. The second kappa shape index (κ2) is 3.84. The molecule has 1 heterocycles. The van der Waals surface area contributed by atoms with Gasteiger partial charge in [0.25, 0.3) is 5.56 Å². The lowest BCUT2D eigenvalue weighted by atomic mass is 10.2. The Balaban J connectivity index is 2.71. The average molecular weight is 220 g/mol. The van der Waals surface area contributed by atoms with Gasteiger partial charge in [-0.05, 0) is 18.2 Å². The van der Waals surface area contributed by atoms with Crippen LogP contribution in [0.2, 0.25) is 0 Å². The normalized spacial score (nSPS) is 10.4. The van der Waals surface area contributed by atoms with Crippen LogP contribution in [0.15, 0.2) is 27.4 Å². The summed E-state index contributed by atoms with van der Waals surface area (Å²) >= 11 is 0. The Morgan fingerprint density at radius 1 is 1.38 bits per heavy atom. The van der Waals surface area contributed by atoms with Crippen molar-refractivity contribution in [1.82, 2.24) is 4.98 Å². The van der Waals surface area contributed by atoms with Gasteiger partial charge >= 0.3 is 6.01 Å². The van der Waals surface area contributed by atoms with E-state index < -0.39 is 0 Å². The number of nitrogens with zero attached hydrogens (tertiary/aromatic N) is 2. The zero-order valence-corrected chi connectivity index (χ0v) is 9.35. The number of hydrogen-bond acceptors (Lipinski definition) is 5. The zero-order valence-electron chi connectivity index (χ0n) is 9.35. The molecule has 0 unspecified atom stereocenters. The van der Waals surface area contributed by atoms with E-state index in [0.29, 0.717) is 22.7 Å². The van der Waals surface area contributed by atoms with Gasteiger partial charge in [-0.2, -0.15) is 4.98 Å². The molecule has 0 N–H and O–H groups in total. The molecule has 5 nitrogen and oxygen atoms in total. The smallest absolute Gasteiger partial charge is 0.300 e.